The van der Waals surface area contributed by atoms with Crippen molar-refractivity contribution in [2.75, 3.05) is 0 Å². The smallest absolute Gasteiger partial charge is 0.408 e. The van der Waals surface area contributed by atoms with Crippen LogP contribution in [0.4, 0.5) is 4.79 Å². The Kier molecular flexibility index (Phi) is 4.73. The van der Waals surface area contributed by atoms with Gasteiger partial charge < -0.3 is 15.2 Å². The van der Waals surface area contributed by atoms with Gasteiger partial charge in [0, 0.05) is 5.54 Å². The molecule has 0 aromatic heterocycles. The van der Waals surface area contributed by atoms with E-state index in [9.17, 15) is 9.90 Å². The molecular weight excluding hydrogens is 230 g/mol. The van der Waals surface area contributed by atoms with E-state index in [1.807, 2.05) is 51.1 Å². The number of hydrogen-bond donors (Lipinski definition) is 2. The number of carbonyl (C=O) groups is 1. The Balaban J connectivity index is 2.74. The zero-order valence-corrected chi connectivity index (χ0v) is 11.3. The number of aliphatic hydroxyl groups excluding tert-OH is 1. The van der Waals surface area contributed by atoms with Crippen LogP contribution in [-0.2, 0) is 4.74 Å². The predicted molar refractivity (Wildman–Crippen MR) is 70.2 cm³/mol. The number of carbonyl (C=O) groups excluding carboxylic acids is 1. The van der Waals surface area contributed by atoms with E-state index in [1.54, 1.807) is 6.92 Å². The van der Waals surface area contributed by atoms with Gasteiger partial charge >= 0.3 is 6.09 Å². The van der Waals surface area contributed by atoms with Crippen LogP contribution in [-0.4, -0.2) is 22.8 Å². The van der Waals surface area contributed by atoms with E-state index >= 15 is 0 Å². The van der Waals surface area contributed by atoms with Crippen LogP contribution in [0.15, 0.2) is 30.3 Å². The molecule has 0 saturated heterocycles. The molecule has 0 aliphatic rings. The Morgan fingerprint density at radius 2 is 1.83 bits per heavy atom. The van der Waals surface area contributed by atoms with Gasteiger partial charge in [0.25, 0.3) is 0 Å². The first-order valence-corrected chi connectivity index (χ1v) is 6.01. The second-order valence-corrected chi connectivity index (χ2v) is 5.35. The molecule has 1 rings (SSSR count). The second-order valence-electron chi connectivity index (χ2n) is 5.35. The van der Waals surface area contributed by atoms with Crippen LogP contribution in [0, 0.1) is 0 Å². The van der Waals surface area contributed by atoms with Crippen LogP contribution in [0.2, 0.25) is 0 Å². The van der Waals surface area contributed by atoms with Crippen LogP contribution in [0.25, 0.3) is 0 Å². The summed E-state index contributed by atoms with van der Waals surface area (Å²) in [7, 11) is 0. The fraction of sp³-hybridized carbons (Fsp3) is 0.500. The second kappa shape index (κ2) is 5.87. The highest BCUT2D eigenvalue weighted by Gasteiger charge is 2.23. The van der Waals surface area contributed by atoms with Crippen molar-refractivity contribution in [3.8, 4) is 0 Å². The van der Waals surface area contributed by atoms with Gasteiger partial charge in [-0.1, -0.05) is 30.3 Å². The number of rotatable bonds is 3. The Hall–Kier alpha value is -1.55. The van der Waals surface area contributed by atoms with Crippen molar-refractivity contribution in [1.29, 1.82) is 0 Å². The zero-order chi connectivity index (χ0) is 13.8. The number of amides is 1. The Morgan fingerprint density at radius 1 is 1.28 bits per heavy atom. The first-order chi connectivity index (χ1) is 8.29. The van der Waals surface area contributed by atoms with E-state index in [4.69, 9.17) is 4.74 Å². The molecule has 2 N–H and O–H groups in total. The van der Waals surface area contributed by atoms with E-state index < -0.39 is 18.3 Å². The third-order valence-electron chi connectivity index (χ3n) is 2.28. The standard InChI is InChI=1S/C14H21NO3/c1-10(16)12(11-8-6-5-7-9-11)18-13(17)15-14(2,3)4/h5-10,12,16H,1-4H3,(H,15,17). The average molecular weight is 251 g/mol. The van der Waals surface area contributed by atoms with E-state index in [-0.39, 0.29) is 5.54 Å². The number of nitrogens with one attached hydrogen (secondary N) is 1. The summed E-state index contributed by atoms with van der Waals surface area (Å²) >= 11 is 0. The van der Waals surface area contributed by atoms with E-state index in [0.29, 0.717) is 0 Å². The molecule has 0 fully saturated rings. The molecule has 2 unspecified atom stereocenters. The van der Waals surface area contributed by atoms with Gasteiger partial charge in [0.05, 0.1) is 6.10 Å². The summed E-state index contributed by atoms with van der Waals surface area (Å²) in [5.74, 6) is 0. The summed E-state index contributed by atoms with van der Waals surface area (Å²) in [6.07, 6.45) is -1.95. The van der Waals surface area contributed by atoms with Crippen molar-refractivity contribution in [3.05, 3.63) is 35.9 Å². The summed E-state index contributed by atoms with van der Waals surface area (Å²) < 4.78 is 5.27. The number of aliphatic hydroxyl groups is 1. The molecule has 0 bridgehead atoms. The molecule has 4 nitrogen and oxygen atoms in total. The van der Waals surface area contributed by atoms with Crippen molar-refractivity contribution in [1.82, 2.24) is 5.32 Å². The highest BCUT2D eigenvalue weighted by atomic mass is 16.6. The molecule has 18 heavy (non-hydrogen) atoms. The Morgan fingerprint density at radius 3 is 2.28 bits per heavy atom. The molecule has 0 radical (unpaired) electrons. The molecule has 0 aliphatic heterocycles. The first-order valence-electron chi connectivity index (χ1n) is 6.01. The fourth-order valence-electron chi connectivity index (χ4n) is 1.54. The Labute approximate surface area is 108 Å². The Bertz CT molecular complexity index is 382. The van der Waals surface area contributed by atoms with Gasteiger partial charge in [-0.05, 0) is 33.3 Å². The van der Waals surface area contributed by atoms with Gasteiger partial charge in [0.1, 0.15) is 0 Å². The minimum atomic E-state index is -0.766. The van der Waals surface area contributed by atoms with Crippen LogP contribution in [0.3, 0.4) is 0 Å². The quantitative estimate of drug-likeness (QED) is 0.868. The fourth-order valence-corrected chi connectivity index (χ4v) is 1.54. The van der Waals surface area contributed by atoms with Gasteiger partial charge in [-0.2, -0.15) is 0 Å². The lowest BCUT2D eigenvalue weighted by Gasteiger charge is -2.25. The average Bonchev–Trinajstić information content (AvgIpc) is 2.24. The molecule has 4 heteroatoms. The molecule has 1 aromatic rings. The van der Waals surface area contributed by atoms with Crippen LogP contribution >= 0.6 is 0 Å². The van der Waals surface area contributed by atoms with E-state index in [0.717, 1.165) is 5.56 Å². The topological polar surface area (TPSA) is 58.6 Å². The summed E-state index contributed by atoms with van der Waals surface area (Å²) in [4.78, 5) is 11.7. The van der Waals surface area contributed by atoms with Gasteiger partial charge in [-0.15, -0.1) is 0 Å². The van der Waals surface area contributed by atoms with Crippen molar-refractivity contribution in [2.45, 2.75) is 45.4 Å². The SMILES string of the molecule is CC(O)C(OC(=O)NC(C)(C)C)c1ccccc1. The lowest BCUT2D eigenvalue weighted by molar-refractivity contribution is 0.00818. The monoisotopic (exact) mass is 251 g/mol. The van der Waals surface area contributed by atoms with Gasteiger partial charge in [0.2, 0.25) is 0 Å². The molecule has 2 atom stereocenters. The third kappa shape index (κ3) is 4.75. The predicted octanol–water partition coefficient (Wildman–Crippen LogP) is 2.63. The summed E-state index contributed by atoms with van der Waals surface area (Å²) in [6, 6.07) is 9.20. The number of ether oxygens (including phenoxy) is 1. The molecule has 0 saturated carbocycles. The highest BCUT2D eigenvalue weighted by molar-refractivity contribution is 5.68. The van der Waals surface area contributed by atoms with Crippen LogP contribution in [0.1, 0.15) is 39.4 Å². The highest BCUT2D eigenvalue weighted by Crippen LogP contribution is 2.21. The maximum atomic E-state index is 11.7. The van der Waals surface area contributed by atoms with E-state index in [1.165, 1.54) is 0 Å². The van der Waals surface area contributed by atoms with Gasteiger partial charge in [-0.3, -0.25) is 0 Å². The molecule has 0 aliphatic carbocycles. The molecule has 0 spiro atoms. The summed E-state index contributed by atoms with van der Waals surface area (Å²) in [5.41, 5.74) is 0.411. The van der Waals surface area contributed by atoms with E-state index in [2.05, 4.69) is 5.32 Å². The largest absolute Gasteiger partial charge is 0.439 e. The lowest BCUT2D eigenvalue weighted by Crippen LogP contribution is -2.42. The van der Waals surface area contributed by atoms with Gasteiger partial charge in [-0.25, -0.2) is 4.79 Å². The number of alkyl carbamates (subject to hydrolysis) is 1. The molecule has 1 aromatic carbocycles. The summed E-state index contributed by atoms with van der Waals surface area (Å²) in [5, 5.41) is 12.4. The number of hydrogen-bond acceptors (Lipinski definition) is 3. The normalized spacial score (nSPS) is 14.7. The summed E-state index contributed by atoms with van der Waals surface area (Å²) in [6.45, 7) is 7.21. The molecule has 0 heterocycles. The van der Waals surface area contributed by atoms with Crippen LogP contribution < -0.4 is 5.32 Å². The molecular formula is C14H21NO3. The maximum Gasteiger partial charge on any atom is 0.408 e. The van der Waals surface area contributed by atoms with Gasteiger partial charge in [0.15, 0.2) is 6.10 Å². The molecule has 100 valence electrons. The lowest BCUT2D eigenvalue weighted by atomic mass is 10.1. The minimum absolute atomic E-state index is 0.364. The molecule has 1 amide bonds. The third-order valence-corrected chi connectivity index (χ3v) is 2.28. The minimum Gasteiger partial charge on any atom is -0.439 e. The first kappa shape index (κ1) is 14.5. The zero-order valence-electron chi connectivity index (χ0n) is 11.3. The number of benzene rings is 1. The maximum absolute atomic E-state index is 11.7. The van der Waals surface area contributed by atoms with Crippen LogP contribution in [0.5, 0.6) is 0 Å². The van der Waals surface area contributed by atoms with Crippen molar-refractivity contribution < 1.29 is 14.6 Å². The van der Waals surface area contributed by atoms with Crippen molar-refractivity contribution >= 4 is 6.09 Å². The van der Waals surface area contributed by atoms with Crippen molar-refractivity contribution in [2.24, 2.45) is 0 Å². The van der Waals surface area contributed by atoms with Crippen molar-refractivity contribution in [3.63, 3.8) is 0 Å².